The van der Waals surface area contributed by atoms with Crippen LogP contribution in [0.2, 0.25) is 5.02 Å². The van der Waals surface area contributed by atoms with E-state index in [0.29, 0.717) is 11.6 Å². The zero-order chi connectivity index (χ0) is 25.9. The van der Waals surface area contributed by atoms with Crippen LogP contribution >= 0.6 is 11.6 Å². The summed E-state index contributed by atoms with van der Waals surface area (Å²) in [5.41, 5.74) is 4.05. The first-order chi connectivity index (χ1) is 18.6. The molecule has 1 saturated heterocycles. The Hall–Kier alpha value is -3.78. The maximum atomic E-state index is 6.16. The number of nitrogens with zero attached hydrogens (tertiary/aromatic N) is 5. The summed E-state index contributed by atoms with van der Waals surface area (Å²) in [5, 5.41) is 5.33. The maximum absolute atomic E-state index is 6.16. The van der Waals surface area contributed by atoms with Crippen LogP contribution in [-0.4, -0.2) is 47.9 Å². The Morgan fingerprint density at radius 1 is 1.00 bits per heavy atom. The van der Waals surface area contributed by atoms with E-state index in [1.54, 1.807) is 0 Å². The van der Waals surface area contributed by atoms with E-state index in [0.717, 1.165) is 83.7 Å². The van der Waals surface area contributed by atoms with Crippen molar-refractivity contribution < 1.29 is 9.47 Å². The van der Waals surface area contributed by atoms with Gasteiger partial charge in [-0.05, 0) is 68.1 Å². The molecular formula is C29H31ClN6O2. The number of rotatable bonds is 9. The minimum atomic E-state index is 0.268. The second kappa shape index (κ2) is 10.9. The average Bonchev–Trinajstić information content (AvgIpc) is 3.62. The number of hydrogen-bond donors (Lipinski definition) is 1. The van der Waals surface area contributed by atoms with Crippen molar-refractivity contribution in [3.05, 3.63) is 71.0 Å². The zero-order valence-corrected chi connectivity index (χ0v) is 22.2. The van der Waals surface area contributed by atoms with Gasteiger partial charge in [-0.25, -0.2) is 4.98 Å². The molecule has 2 aromatic heterocycles. The van der Waals surface area contributed by atoms with Crippen molar-refractivity contribution in [1.29, 1.82) is 0 Å². The van der Waals surface area contributed by atoms with E-state index < -0.39 is 0 Å². The summed E-state index contributed by atoms with van der Waals surface area (Å²) in [6.07, 6.45) is 5.13. The molecule has 0 spiro atoms. The van der Waals surface area contributed by atoms with Gasteiger partial charge in [0.2, 0.25) is 12.7 Å². The highest BCUT2D eigenvalue weighted by Gasteiger charge is 2.19. The van der Waals surface area contributed by atoms with Gasteiger partial charge >= 0.3 is 0 Å². The summed E-state index contributed by atoms with van der Waals surface area (Å²) >= 11 is 6.16. The van der Waals surface area contributed by atoms with Gasteiger partial charge in [0.1, 0.15) is 5.82 Å². The molecule has 2 aliphatic rings. The van der Waals surface area contributed by atoms with E-state index in [4.69, 9.17) is 31.0 Å². The summed E-state index contributed by atoms with van der Waals surface area (Å²) in [4.78, 5) is 18.9. The molecule has 4 aromatic rings. The lowest BCUT2D eigenvalue weighted by Crippen LogP contribution is -2.29. The lowest BCUT2D eigenvalue weighted by atomic mass is 10.1. The van der Waals surface area contributed by atoms with Gasteiger partial charge in [-0.15, -0.1) is 0 Å². The average molecular weight is 531 g/mol. The number of halogens is 1. The third kappa shape index (κ3) is 5.41. The molecule has 0 unspecified atom stereocenters. The molecule has 9 heteroatoms. The highest BCUT2D eigenvalue weighted by Crippen LogP contribution is 2.33. The molecule has 38 heavy (non-hydrogen) atoms. The van der Waals surface area contributed by atoms with Gasteiger partial charge in [-0.3, -0.25) is 4.98 Å². The Balaban J connectivity index is 1.20. The molecular weight excluding hydrogens is 500 g/mol. The molecule has 0 bridgehead atoms. The topological polar surface area (TPSA) is 75.6 Å². The van der Waals surface area contributed by atoms with Crippen molar-refractivity contribution in [3.8, 4) is 11.5 Å². The fourth-order valence-electron chi connectivity index (χ4n) is 5.06. The van der Waals surface area contributed by atoms with Gasteiger partial charge in [0.15, 0.2) is 11.5 Å². The van der Waals surface area contributed by atoms with Gasteiger partial charge < -0.3 is 24.6 Å². The van der Waals surface area contributed by atoms with Crippen molar-refractivity contribution in [1.82, 2.24) is 15.0 Å². The van der Waals surface area contributed by atoms with Crippen LogP contribution in [0, 0.1) is 6.92 Å². The SMILES string of the molecule is Cc1cc(N2CCCC2)nc(N(CCCNc2ccnc3cc(Cl)ccc23)Cc2ccc3c(c2)OCO3)n1. The van der Waals surface area contributed by atoms with E-state index in [1.807, 2.05) is 43.5 Å². The predicted octanol–water partition coefficient (Wildman–Crippen LogP) is 5.82. The number of anilines is 3. The Bertz CT molecular complexity index is 1440. The Morgan fingerprint density at radius 2 is 1.87 bits per heavy atom. The number of nitrogens with one attached hydrogen (secondary N) is 1. The summed E-state index contributed by atoms with van der Waals surface area (Å²) in [5.74, 6) is 3.35. The molecule has 196 valence electrons. The third-order valence-corrected chi connectivity index (χ3v) is 7.21. The Morgan fingerprint density at radius 3 is 2.76 bits per heavy atom. The van der Waals surface area contributed by atoms with Crippen LogP contribution in [0.5, 0.6) is 11.5 Å². The summed E-state index contributed by atoms with van der Waals surface area (Å²) in [6, 6.07) is 16.0. The van der Waals surface area contributed by atoms with E-state index in [2.05, 4.69) is 38.3 Å². The molecule has 2 aliphatic heterocycles. The number of hydrogen-bond acceptors (Lipinski definition) is 8. The Kier molecular flexibility index (Phi) is 7.05. The highest BCUT2D eigenvalue weighted by atomic mass is 35.5. The van der Waals surface area contributed by atoms with Crippen molar-refractivity contribution in [2.24, 2.45) is 0 Å². The smallest absolute Gasteiger partial charge is 0.231 e. The fraction of sp³-hybridized carbons (Fsp3) is 0.345. The van der Waals surface area contributed by atoms with Crippen LogP contribution in [-0.2, 0) is 6.54 Å². The first-order valence-corrected chi connectivity index (χ1v) is 13.5. The van der Waals surface area contributed by atoms with Crippen LogP contribution in [0.1, 0.15) is 30.5 Å². The van der Waals surface area contributed by atoms with Crippen LogP contribution < -0.4 is 24.6 Å². The summed E-state index contributed by atoms with van der Waals surface area (Å²) < 4.78 is 11.1. The van der Waals surface area contributed by atoms with E-state index in [9.17, 15) is 0 Å². The number of fused-ring (bicyclic) bond motifs is 2. The molecule has 6 rings (SSSR count). The van der Waals surface area contributed by atoms with Gasteiger partial charge in [-0.2, -0.15) is 4.98 Å². The standard InChI is InChI=1S/C29H31ClN6O2/c1-20-15-28(35-12-2-3-13-35)34-29(33-20)36(18-21-5-8-26-27(16-21)38-19-37-26)14-4-10-31-24-9-11-32-25-17-22(30)6-7-23(24)25/h5-9,11,15-17H,2-4,10,12-14,18-19H2,1H3,(H,31,32). The lowest BCUT2D eigenvalue weighted by molar-refractivity contribution is 0.174. The second-order valence-corrected chi connectivity index (χ2v) is 10.2. The number of aromatic nitrogens is 3. The zero-order valence-electron chi connectivity index (χ0n) is 21.5. The lowest BCUT2D eigenvalue weighted by Gasteiger charge is -2.25. The minimum Gasteiger partial charge on any atom is -0.454 e. The molecule has 0 amide bonds. The quantitative estimate of drug-likeness (QED) is 0.271. The van der Waals surface area contributed by atoms with Crippen molar-refractivity contribution in [2.75, 3.05) is 48.1 Å². The largest absolute Gasteiger partial charge is 0.454 e. The molecule has 1 N–H and O–H groups in total. The van der Waals surface area contributed by atoms with E-state index >= 15 is 0 Å². The third-order valence-electron chi connectivity index (χ3n) is 6.98. The first-order valence-electron chi connectivity index (χ1n) is 13.1. The molecule has 2 aromatic carbocycles. The fourth-order valence-corrected chi connectivity index (χ4v) is 5.23. The predicted molar refractivity (Wildman–Crippen MR) is 152 cm³/mol. The van der Waals surface area contributed by atoms with Crippen LogP contribution in [0.4, 0.5) is 17.5 Å². The minimum absolute atomic E-state index is 0.268. The molecule has 8 nitrogen and oxygen atoms in total. The van der Waals surface area contributed by atoms with Crippen molar-refractivity contribution in [2.45, 2.75) is 32.7 Å². The van der Waals surface area contributed by atoms with Gasteiger partial charge in [0, 0.05) is 66.8 Å². The van der Waals surface area contributed by atoms with Gasteiger partial charge in [-0.1, -0.05) is 17.7 Å². The summed E-state index contributed by atoms with van der Waals surface area (Å²) in [6.45, 7) is 6.68. The highest BCUT2D eigenvalue weighted by molar-refractivity contribution is 6.31. The molecule has 0 atom stereocenters. The van der Waals surface area contributed by atoms with Crippen LogP contribution in [0.25, 0.3) is 10.9 Å². The van der Waals surface area contributed by atoms with E-state index in [-0.39, 0.29) is 6.79 Å². The summed E-state index contributed by atoms with van der Waals surface area (Å²) in [7, 11) is 0. The maximum Gasteiger partial charge on any atom is 0.231 e. The van der Waals surface area contributed by atoms with Gasteiger partial charge in [0.25, 0.3) is 0 Å². The van der Waals surface area contributed by atoms with E-state index in [1.165, 1.54) is 12.8 Å². The van der Waals surface area contributed by atoms with Crippen LogP contribution in [0.3, 0.4) is 0 Å². The monoisotopic (exact) mass is 530 g/mol. The Labute approximate surface area is 227 Å². The first kappa shape index (κ1) is 24.6. The number of ether oxygens (including phenoxy) is 2. The molecule has 4 heterocycles. The number of benzene rings is 2. The molecule has 0 aliphatic carbocycles. The molecule has 1 fully saturated rings. The second-order valence-electron chi connectivity index (χ2n) is 9.77. The number of pyridine rings is 1. The molecule has 0 saturated carbocycles. The normalized spacial score (nSPS) is 14.3. The van der Waals surface area contributed by atoms with Crippen molar-refractivity contribution in [3.63, 3.8) is 0 Å². The molecule has 0 radical (unpaired) electrons. The van der Waals surface area contributed by atoms with Gasteiger partial charge in [0.05, 0.1) is 5.52 Å². The van der Waals surface area contributed by atoms with Crippen molar-refractivity contribution >= 4 is 40.0 Å². The number of aryl methyl sites for hydroxylation is 1. The van der Waals surface area contributed by atoms with Crippen LogP contribution in [0.15, 0.2) is 54.7 Å².